The molecule has 174 valence electrons. The Labute approximate surface area is 211 Å². The van der Waals surface area contributed by atoms with Crippen LogP contribution in [-0.4, -0.2) is 49.1 Å². The van der Waals surface area contributed by atoms with Crippen molar-refractivity contribution >= 4 is 45.2 Å². The quantitative estimate of drug-likeness (QED) is 0.288. The molecular formula is C21H31NaO8P2. The zero-order chi connectivity index (χ0) is 23.4. The third kappa shape index (κ3) is 8.28. The van der Waals surface area contributed by atoms with Gasteiger partial charge in [0.25, 0.3) is 0 Å². The van der Waals surface area contributed by atoms with Crippen LogP contribution in [0, 0.1) is 0 Å². The fourth-order valence-electron chi connectivity index (χ4n) is 3.53. The van der Waals surface area contributed by atoms with Gasteiger partial charge in [-0.05, 0) is 59.1 Å². The fraction of sp³-hybridized carbons (Fsp3) is 0.429. The maximum atomic E-state index is 11.6. The molecule has 0 heterocycles. The Morgan fingerprint density at radius 2 is 0.938 bits per heavy atom. The van der Waals surface area contributed by atoms with Crippen molar-refractivity contribution in [3.05, 3.63) is 57.6 Å². The predicted octanol–water partition coefficient (Wildman–Crippen LogP) is 3.82. The van der Waals surface area contributed by atoms with E-state index in [9.17, 15) is 28.7 Å². The van der Waals surface area contributed by atoms with Crippen molar-refractivity contribution in [1.82, 2.24) is 0 Å². The second-order valence-electron chi connectivity index (χ2n) is 7.24. The van der Waals surface area contributed by atoms with Crippen LogP contribution in [0.25, 0.3) is 0 Å². The molecule has 0 saturated heterocycles. The van der Waals surface area contributed by atoms with Crippen LogP contribution in [-0.2, 0) is 41.2 Å². The summed E-state index contributed by atoms with van der Waals surface area (Å²) in [7, 11) is -9.63. The van der Waals surface area contributed by atoms with Crippen LogP contribution in [0.2, 0.25) is 0 Å². The second-order valence-corrected chi connectivity index (χ2v) is 9.57. The molecule has 32 heavy (non-hydrogen) atoms. The fourth-order valence-corrected chi connectivity index (χ4v) is 4.47. The van der Waals surface area contributed by atoms with Crippen molar-refractivity contribution in [2.24, 2.45) is 0 Å². The van der Waals surface area contributed by atoms with E-state index in [1.54, 1.807) is 12.1 Å². The van der Waals surface area contributed by atoms with Crippen LogP contribution in [0.1, 0.15) is 61.1 Å². The van der Waals surface area contributed by atoms with Gasteiger partial charge < -0.3 is 9.05 Å². The van der Waals surface area contributed by atoms with Crippen molar-refractivity contribution in [2.45, 2.75) is 59.8 Å². The molecule has 4 N–H and O–H groups in total. The van der Waals surface area contributed by atoms with E-state index in [1.807, 2.05) is 39.8 Å². The van der Waals surface area contributed by atoms with Crippen LogP contribution >= 0.6 is 15.6 Å². The summed E-state index contributed by atoms with van der Waals surface area (Å²) in [6.45, 7) is 7.66. The zero-order valence-corrected chi connectivity index (χ0v) is 20.0. The first-order valence-electron chi connectivity index (χ1n) is 10.2. The second kappa shape index (κ2) is 12.2. The first-order chi connectivity index (χ1) is 14.4. The summed E-state index contributed by atoms with van der Waals surface area (Å²) in [6.07, 6.45) is 2.54. The van der Waals surface area contributed by atoms with Gasteiger partial charge in [-0.2, -0.15) is 0 Å². The van der Waals surface area contributed by atoms with Gasteiger partial charge in [-0.3, -0.25) is 19.6 Å². The summed E-state index contributed by atoms with van der Waals surface area (Å²) in [5.74, 6) is 0.185. The van der Waals surface area contributed by atoms with E-state index in [0.29, 0.717) is 47.9 Å². The maximum absolute atomic E-state index is 11.6. The summed E-state index contributed by atoms with van der Waals surface area (Å²) in [4.78, 5) is 37.8. The van der Waals surface area contributed by atoms with Crippen molar-refractivity contribution in [3.63, 3.8) is 0 Å². The van der Waals surface area contributed by atoms with E-state index in [-0.39, 0.29) is 47.5 Å². The number of aryl methyl sites for hydroxylation is 4. The first-order valence-corrected chi connectivity index (χ1v) is 13.3. The minimum absolute atomic E-state index is 0. The molecule has 0 radical (unpaired) electrons. The molecule has 0 unspecified atom stereocenters. The van der Waals surface area contributed by atoms with E-state index < -0.39 is 15.6 Å². The van der Waals surface area contributed by atoms with Gasteiger partial charge in [-0.15, -0.1) is 0 Å². The molecule has 0 aromatic heterocycles. The molecule has 2 aromatic rings. The van der Waals surface area contributed by atoms with Gasteiger partial charge in [0, 0.05) is 6.42 Å². The molecule has 8 nitrogen and oxygen atoms in total. The van der Waals surface area contributed by atoms with E-state index in [0.717, 1.165) is 11.1 Å². The van der Waals surface area contributed by atoms with Crippen LogP contribution in [0.15, 0.2) is 24.3 Å². The molecule has 0 aliphatic carbocycles. The van der Waals surface area contributed by atoms with Crippen molar-refractivity contribution in [1.29, 1.82) is 0 Å². The summed E-state index contributed by atoms with van der Waals surface area (Å²) in [6, 6.07) is 7.30. The monoisotopic (exact) mass is 496 g/mol. The first kappa shape index (κ1) is 29.4. The van der Waals surface area contributed by atoms with Crippen molar-refractivity contribution in [3.8, 4) is 11.5 Å². The molecule has 0 spiro atoms. The molecule has 11 heteroatoms. The Bertz CT molecular complexity index is 947. The number of rotatable bonds is 10. The minimum atomic E-state index is -4.81. The van der Waals surface area contributed by atoms with Gasteiger partial charge in [-0.1, -0.05) is 52.0 Å². The third-order valence-corrected chi connectivity index (χ3v) is 5.83. The Balaban J connectivity index is 0.00000512. The molecule has 0 amide bonds. The molecule has 0 aliphatic rings. The summed E-state index contributed by atoms with van der Waals surface area (Å²) >= 11 is 0. The number of hydrogen-bond acceptors (Lipinski definition) is 4. The van der Waals surface area contributed by atoms with Crippen molar-refractivity contribution in [2.75, 3.05) is 0 Å². The average molecular weight is 496 g/mol. The van der Waals surface area contributed by atoms with E-state index >= 15 is 0 Å². The summed E-state index contributed by atoms with van der Waals surface area (Å²) in [5.41, 5.74) is 4.26. The van der Waals surface area contributed by atoms with Crippen molar-refractivity contribution < 1.29 is 37.8 Å². The van der Waals surface area contributed by atoms with Gasteiger partial charge in [-0.25, -0.2) is 9.13 Å². The van der Waals surface area contributed by atoms with Gasteiger partial charge in [0.05, 0.1) is 0 Å². The van der Waals surface area contributed by atoms with E-state index in [4.69, 9.17) is 9.05 Å². The molecule has 0 bridgehead atoms. The van der Waals surface area contributed by atoms with E-state index in [1.165, 1.54) is 0 Å². The summed E-state index contributed by atoms with van der Waals surface area (Å²) in [5, 5.41) is 0. The molecule has 0 fully saturated rings. The summed E-state index contributed by atoms with van der Waals surface area (Å²) < 4.78 is 33.4. The number of benzene rings is 2. The topological polar surface area (TPSA) is 134 Å². The number of phosphoric ester groups is 2. The Kier molecular flexibility index (Phi) is 11.2. The SMILES string of the molecule is CCc1cc(CC)c(OP(=O)(O)O)c(Cc2cc(CC)cc(CC)c2OP(=O)(O)O)c1.[NaH]. The van der Waals surface area contributed by atoms with Crippen LogP contribution in [0.3, 0.4) is 0 Å². The zero-order valence-electron chi connectivity index (χ0n) is 18.2. The molecular weight excluding hydrogens is 465 g/mol. The molecule has 2 rings (SSSR count). The molecule has 0 saturated carbocycles. The molecule has 2 aromatic carbocycles. The standard InChI is InChI=1S/C21H30O8P2.Na.H/c1-5-14-9-16(7-3)20(28-30(22,23)24)18(11-14)13-19-12-15(6-2)10-17(8-4)21(19)29-31(25,26)27;;/h9-12H,5-8,13H2,1-4H3,(H2,22,23,24)(H2,25,26,27);;. The van der Waals surface area contributed by atoms with Gasteiger partial charge in [0.15, 0.2) is 0 Å². The predicted molar refractivity (Wildman–Crippen MR) is 126 cm³/mol. The van der Waals surface area contributed by atoms with E-state index in [2.05, 4.69) is 0 Å². The van der Waals surface area contributed by atoms with Crippen LogP contribution in [0.5, 0.6) is 11.5 Å². The normalized spacial score (nSPS) is 11.8. The van der Waals surface area contributed by atoms with Gasteiger partial charge >= 0.3 is 45.2 Å². The van der Waals surface area contributed by atoms with Gasteiger partial charge in [0.2, 0.25) is 0 Å². The number of hydrogen-bond donors (Lipinski definition) is 4. The average Bonchev–Trinajstić information content (AvgIpc) is 2.67. The Hall–Kier alpha value is -0.660. The van der Waals surface area contributed by atoms with Gasteiger partial charge in [0.1, 0.15) is 11.5 Å². The molecule has 0 aliphatic heterocycles. The van der Waals surface area contributed by atoms with Crippen LogP contribution in [0.4, 0.5) is 0 Å². The molecule has 0 atom stereocenters. The van der Waals surface area contributed by atoms with Crippen LogP contribution < -0.4 is 9.05 Å². The third-order valence-electron chi connectivity index (χ3n) is 4.98. The Morgan fingerprint density at radius 1 is 0.625 bits per heavy atom. The Morgan fingerprint density at radius 3 is 1.19 bits per heavy atom. The number of phosphoric acid groups is 2.